The second-order valence-corrected chi connectivity index (χ2v) is 7.11. The van der Waals surface area contributed by atoms with Crippen molar-refractivity contribution in [2.45, 2.75) is 13.0 Å². The van der Waals surface area contributed by atoms with Crippen molar-refractivity contribution in [3.05, 3.63) is 81.5 Å². The van der Waals surface area contributed by atoms with Crippen molar-refractivity contribution in [1.29, 1.82) is 0 Å². The number of thiophene rings is 1. The number of benzene rings is 2. The Bertz CT molecular complexity index is 997. The van der Waals surface area contributed by atoms with Gasteiger partial charge in [0.15, 0.2) is 11.5 Å². The minimum atomic E-state index is -0.291. The molecule has 1 unspecified atom stereocenters. The lowest BCUT2D eigenvalue weighted by Gasteiger charge is -2.16. The molecule has 1 aliphatic heterocycles. The molecule has 1 aliphatic rings. The number of hydrogen-bond donors (Lipinski definition) is 1. The number of nitrogens with one attached hydrogen (secondary N) is 1. The minimum Gasteiger partial charge on any atom is -0.454 e. The Morgan fingerprint density at radius 2 is 1.78 bits per heavy atom. The molecule has 2 aromatic carbocycles. The van der Waals surface area contributed by atoms with Crippen LogP contribution in [0.15, 0.2) is 60.0 Å². The van der Waals surface area contributed by atoms with Crippen molar-refractivity contribution in [3.63, 3.8) is 0 Å². The Balaban J connectivity index is 1.56. The fourth-order valence-electron chi connectivity index (χ4n) is 2.96. The van der Waals surface area contributed by atoms with Gasteiger partial charge < -0.3 is 14.8 Å². The number of hydrogen-bond acceptors (Lipinski definition) is 5. The van der Waals surface area contributed by atoms with Gasteiger partial charge in [-0.15, -0.1) is 11.3 Å². The monoisotopic (exact) mass is 379 g/mol. The van der Waals surface area contributed by atoms with Crippen LogP contribution in [0.2, 0.25) is 0 Å². The summed E-state index contributed by atoms with van der Waals surface area (Å²) in [6, 6.07) is 15.8. The van der Waals surface area contributed by atoms with E-state index >= 15 is 0 Å². The maximum Gasteiger partial charge on any atom is 0.252 e. The molecule has 0 aliphatic carbocycles. The summed E-state index contributed by atoms with van der Waals surface area (Å²) < 4.78 is 10.7. The zero-order chi connectivity index (χ0) is 18.8. The van der Waals surface area contributed by atoms with Crippen LogP contribution in [-0.4, -0.2) is 18.5 Å². The van der Waals surface area contributed by atoms with Crippen molar-refractivity contribution in [2.24, 2.45) is 0 Å². The van der Waals surface area contributed by atoms with Gasteiger partial charge >= 0.3 is 0 Å². The van der Waals surface area contributed by atoms with Crippen LogP contribution in [0.4, 0.5) is 0 Å². The summed E-state index contributed by atoms with van der Waals surface area (Å²) in [4.78, 5) is 26.2. The van der Waals surface area contributed by atoms with Crippen LogP contribution in [0.3, 0.4) is 0 Å². The first-order valence-electron chi connectivity index (χ1n) is 8.51. The summed E-state index contributed by atoms with van der Waals surface area (Å²) in [6.07, 6.45) is 0. The molecule has 0 saturated carbocycles. The van der Waals surface area contributed by atoms with Gasteiger partial charge in [-0.2, -0.15) is 0 Å². The summed E-state index contributed by atoms with van der Waals surface area (Å²) in [5.41, 5.74) is 1.66. The standard InChI is InChI=1S/C21H17NO4S/c1-13(14-8-9-17-18(11-14)26-12-25-17)22-21(24)16-6-3-2-5-15(16)20(23)19-7-4-10-27-19/h2-11,13H,12H2,1H3,(H,22,24). The van der Waals surface area contributed by atoms with Crippen molar-refractivity contribution in [3.8, 4) is 11.5 Å². The third kappa shape index (κ3) is 3.44. The largest absolute Gasteiger partial charge is 0.454 e. The molecule has 1 N–H and O–H groups in total. The summed E-state index contributed by atoms with van der Waals surface area (Å²) in [5, 5.41) is 4.80. The average molecular weight is 379 g/mol. The molecule has 5 nitrogen and oxygen atoms in total. The molecular formula is C21H17NO4S. The topological polar surface area (TPSA) is 64.6 Å². The van der Waals surface area contributed by atoms with E-state index in [2.05, 4.69) is 5.32 Å². The van der Waals surface area contributed by atoms with Crippen LogP contribution in [0.1, 0.15) is 44.1 Å². The highest BCUT2D eigenvalue weighted by Gasteiger charge is 2.21. The van der Waals surface area contributed by atoms with Crippen LogP contribution in [-0.2, 0) is 0 Å². The number of ether oxygens (including phenoxy) is 2. The summed E-state index contributed by atoms with van der Waals surface area (Å²) >= 11 is 1.36. The second-order valence-electron chi connectivity index (χ2n) is 6.16. The first-order valence-corrected chi connectivity index (χ1v) is 9.39. The third-order valence-corrected chi connectivity index (χ3v) is 5.27. The van der Waals surface area contributed by atoms with Gasteiger partial charge in [-0.3, -0.25) is 9.59 Å². The SMILES string of the molecule is CC(NC(=O)c1ccccc1C(=O)c1cccs1)c1ccc2c(c1)OCO2. The first-order chi connectivity index (χ1) is 13.1. The lowest BCUT2D eigenvalue weighted by atomic mass is 10.0. The number of fused-ring (bicyclic) bond motifs is 1. The highest BCUT2D eigenvalue weighted by atomic mass is 32.1. The molecule has 136 valence electrons. The predicted octanol–water partition coefficient (Wildman–Crippen LogP) is 4.20. The Morgan fingerprint density at radius 1 is 1.00 bits per heavy atom. The molecule has 4 rings (SSSR count). The number of carbonyl (C=O) groups excluding carboxylic acids is 2. The number of amides is 1. The van der Waals surface area contributed by atoms with Crippen LogP contribution >= 0.6 is 11.3 Å². The van der Waals surface area contributed by atoms with Gasteiger partial charge in [-0.05, 0) is 42.1 Å². The van der Waals surface area contributed by atoms with Gasteiger partial charge in [0.1, 0.15) is 0 Å². The molecular weight excluding hydrogens is 362 g/mol. The van der Waals surface area contributed by atoms with Gasteiger partial charge in [-0.25, -0.2) is 0 Å². The highest BCUT2D eigenvalue weighted by molar-refractivity contribution is 7.12. The number of ketones is 1. The Labute approximate surface area is 160 Å². The number of carbonyl (C=O) groups is 2. The maximum absolute atomic E-state index is 12.8. The highest BCUT2D eigenvalue weighted by Crippen LogP contribution is 2.34. The van der Waals surface area contributed by atoms with E-state index < -0.39 is 0 Å². The van der Waals surface area contributed by atoms with Gasteiger partial charge in [0.05, 0.1) is 16.5 Å². The van der Waals surface area contributed by atoms with Crippen molar-refractivity contribution in [1.82, 2.24) is 5.32 Å². The quantitative estimate of drug-likeness (QED) is 0.675. The lowest BCUT2D eigenvalue weighted by Crippen LogP contribution is -2.28. The molecule has 1 amide bonds. The zero-order valence-electron chi connectivity index (χ0n) is 14.6. The number of rotatable bonds is 5. The molecule has 2 heterocycles. The molecule has 0 bridgehead atoms. The molecule has 3 aromatic rings. The summed E-state index contributed by atoms with van der Waals surface area (Å²) in [5.74, 6) is 0.929. The zero-order valence-corrected chi connectivity index (χ0v) is 15.4. The molecule has 0 fully saturated rings. The van der Waals surface area contributed by atoms with E-state index in [1.165, 1.54) is 11.3 Å². The molecule has 0 spiro atoms. The Morgan fingerprint density at radius 3 is 2.56 bits per heavy atom. The fraction of sp³-hybridized carbons (Fsp3) is 0.143. The van der Waals surface area contributed by atoms with Crippen molar-refractivity contribution in [2.75, 3.05) is 6.79 Å². The van der Waals surface area contributed by atoms with Gasteiger partial charge in [0.25, 0.3) is 5.91 Å². The van der Waals surface area contributed by atoms with E-state index in [4.69, 9.17) is 9.47 Å². The summed E-state index contributed by atoms with van der Waals surface area (Å²) in [7, 11) is 0. The van der Waals surface area contributed by atoms with Crippen molar-refractivity contribution < 1.29 is 19.1 Å². The minimum absolute atomic E-state index is 0.147. The molecule has 1 aromatic heterocycles. The van der Waals surface area contributed by atoms with Gasteiger partial charge in [0, 0.05) is 5.56 Å². The van der Waals surface area contributed by atoms with Crippen LogP contribution in [0.25, 0.3) is 0 Å². The van der Waals surface area contributed by atoms with Crippen molar-refractivity contribution >= 4 is 23.0 Å². The molecule has 0 radical (unpaired) electrons. The maximum atomic E-state index is 12.8. The second kappa shape index (κ2) is 7.25. The van der Waals surface area contributed by atoms with Crippen LogP contribution in [0, 0.1) is 0 Å². The smallest absolute Gasteiger partial charge is 0.252 e. The molecule has 1 atom stereocenters. The normalized spacial score (nSPS) is 13.2. The van der Waals surface area contributed by atoms with E-state index in [1.807, 2.05) is 36.6 Å². The van der Waals surface area contributed by atoms with E-state index in [0.29, 0.717) is 27.5 Å². The predicted molar refractivity (Wildman–Crippen MR) is 103 cm³/mol. The van der Waals surface area contributed by atoms with E-state index in [0.717, 1.165) is 5.56 Å². The first kappa shape index (κ1) is 17.3. The van der Waals surface area contributed by atoms with E-state index in [1.54, 1.807) is 30.3 Å². The Kier molecular flexibility index (Phi) is 4.64. The molecule has 6 heteroatoms. The third-order valence-electron chi connectivity index (χ3n) is 4.41. The van der Waals surface area contributed by atoms with Crippen LogP contribution in [0.5, 0.6) is 11.5 Å². The lowest BCUT2D eigenvalue weighted by molar-refractivity contribution is 0.0930. The fourth-order valence-corrected chi connectivity index (χ4v) is 3.64. The van der Waals surface area contributed by atoms with Crippen LogP contribution < -0.4 is 14.8 Å². The van der Waals surface area contributed by atoms with E-state index in [9.17, 15) is 9.59 Å². The average Bonchev–Trinajstić information content (AvgIpc) is 3.38. The Hall–Kier alpha value is -3.12. The van der Waals surface area contributed by atoms with Gasteiger partial charge in [-0.1, -0.05) is 30.3 Å². The summed E-state index contributed by atoms with van der Waals surface area (Å²) in [6.45, 7) is 2.09. The van der Waals surface area contributed by atoms with E-state index in [-0.39, 0.29) is 24.5 Å². The molecule has 27 heavy (non-hydrogen) atoms. The van der Waals surface area contributed by atoms with Gasteiger partial charge in [0.2, 0.25) is 12.6 Å². The molecule has 0 saturated heterocycles.